The van der Waals surface area contributed by atoms with Gasteiger partial charge in [-0.1, -0.05) is 36.6 Å². The van der Waals surface area contributed by atoms with Gasteiger partial charge < -0.3 is 10.6 Å². The number of hydrogen-bond acceptors (Lipinski definition) is 3. The predicted molar refractivity (Wildman–Crippen MR) is 102 cm³/mol. The Balaban J connectivity index is 1.45. The van der Waals surface area contributed by atoms with Crippen molar-refractivity contribution in [3.8, 4) is 10.4 Å². The molecule has 3 rings (SSSR count). The maximum absolute atomic E-state index is 12.2. The molecule has 1 aromatic heterocycles. The summed E-state index contributed by atoms with van der Waals surface area (Å²) in [6.07, 6.45) is 4.26. The highest BCUT2D eigenvalue weighted by atomic mass is 35.5. The molecule has 1 aliphatic rings. The van der Waals surface area contributed by atoms with Crippen LogP contribution in [0.1, 0.15) is 35.4 Å². The van der Waals surface area contributed by atoms with Crippen LogP contribution >= 0.6 is 22.9 Å². The molecule has 0 unspecified atom stereocenters. The minimum Gasteiger partial charge on any atom is -0.354 e. The van der Waals surface area contributed by atoms with Gasteiger partial charge in [0.05, 0.1) is 4.88 Å². The van der Waals surface area contributed by atoms with Gasteiger partial charge in [-0.25, -0.2) is 0 Å². The second-order valence-electron chi connectivity index (χ2n) is 6.20. The fourth-order valence-corrected chi connectivity index (χ4v) is 4.06. The van der Waals surface area contributed by atoms with Crippen LogP contribution in [0, 0.1) is 5.92 Å². The van der Waals surface area contributed by atoms with E-state index in [1.165, 1.54) is 11.3 Å². The molecule has 0 atom stereocenters. The molecule has 2 amide bonds. The summed E-state index contributed by atoms with van der Waals surface area (Å²) < 4.78 is 0. The summed E-state index contributed by atoms with van der Waals surface area (Å²) in [4.78, 5) is 25.8. The Bertz CT molecular complexity index is 736. The molecule has 1 aromatic carbocycles. The van der Waals surface area contributed by atoms with Gasteiger partial charge in [0.15, 0.2) is 0 Å². The maximum atomic E-state index is 12.2. The molecule has 1 saturated carbocycles. The van der Waals surface area contributed by atoms with Gasteiger partial charge in [0.1, 0.15) is 0 Å². The van der Waals surface area contributed by atoms with E-state index in [0.717, 1.165) is 36.1 Å². The Morgan fingerprint density at radius 1 is 1.00 bits per heavy atom. The molecule has 2 N–H and O–H groups in total. The van der Waals surface area contributed by atoms with Gasteiger partial charge in [0, 0.05) is 28.9 Å². The third kappa shape index (κ3) is 4.83. The van der Waals surface area contributed by atoms with Crippen LogP contribution in [0.2, 0.25) is 5.02 Å². The molecule has 0 aliphatic heterocycles. The third-order valence-electron chi connectivity index (χ3n) is 4.39. The third-order valence-corrected chi connectivity index (χ3v) is 5.78. The van der Waals surface area contributed by atoms with E-state index in [-0.39, 0.29) is 17.7 Å². The highest BCUT2D eigenvalue weighted by molar-refractivity contribution is 7.17. The second-order valence-corrected chi connectivity index (χ2v) is 7.72. The normalized spacial score (nSPS) is 14.4. The highest BCUT2D eigenvalue weighted by Crippen LogP contribution is 2.29. The molecule has 0 spiro atoms. The minimum atomic E-state index is -0.111. The molecule has 25 heavy (non-hydrogen) atoms. The lowest BCUT2D eigenvalue weighted by atomic mass is 10.1. The van der Waals surface area contributed by atoms with Crippen LogP contribution in [0.4, 0.5) is 0 Å². The molecule has 0 radical (unpaired) electrons. The molecule has 0 bridgehead atoms. The number of benzene rings is 1. The number of rotatable bonds is 6. The Labute approximate surface area is 156 Å². The number of carbonyl (C=O) groups excluding carboxylic acids is 2. The maximum Gasteiger partial charge on any atom is 0.261 e. The fourth-order valence-electron chi connectivity index (χ4n) is 3.01. The summed E-state index contributed by atoms with van der Waals surface area (Å²) in [7, 11) is 0. The summed E-state index contributed by atoms with van der Waals surface area (Å²) >= 11 is 7.34. The lowest BCUT2D eigenvalue weighted by molar-refractivity contribution is -0.124. The predicted octanol–water partition coefficient (Wildman–Crippen LogP) is 4.10. The standard InChI is InChI=1S/C19H21ClN2O2S/c20-15-7-5-13(6-8-15)16-9-10-17(25-16)19(24)22-12-11-21-18(23)14-3-1-2-4-14/h5-10,14H,1-4,11-12H2,(H,21,23)(H,22,24). The van der Waals surface area contributed by atoms with Gasteiger partial charge in [-0.3, -0.25) is 9.59 Å². The minimum absolute atomic E-state index is 0.111. The van der Waals surface area contributed by atoms with Gasteiger partial charge in [-0.2, -0.15) is 0 Å². The van der Waals surface area contributed by atoms with Crippen LogP contribution in [0.3, 0.4) is 0 Å². The lowest BCUT2D eigenvalue weighted by Gasteiger charge is -2.10. The SMILES string of the molecule is O=C(NCCNC(=O)C1CCCC1)c1ccc(-c2ccc(Cl)cc2)s1. The van der Waals surface area contributed by atoms with E-state index in [2.05, 4.69) is 10.6 Å². The van der Waals surface area contributed by atoms with Crippen LogP contribution in [-0.2, 0) is 4.79 Å². The van der Waals surface area contributed by atoms with Crippen molar-refractivity contribution < 1.29 is 9.59 Å². The molecule has 1 fully saturated rings. The van der Waals surface area contributed by atoms with Crippen molar-refractivity contribution in [3.05, 3.63) is 46.3 Å². The first-order valence-electron chi connectivity index (χ1n) is 8.55. The number of carbonyl (C=O) groups is 2. The Morgan fingerprint density at radius 2 is 1.68 bits per heavy atom. The van der Waals surface area contributed by atoms with Crippen LogP contribution in [0.25, 0.3) is 10.4 Å². The molecule has 2 aromatic rings. The van der Waals surface area contributed by atoms with Crippen molar-refractivity contribution >= 4 is 34.8 Å². The van der Waals surface area contributed by atoms with Gasteiger partial charge >= 0.3 is 0 Å². The molecule has 0 saturated heterocycles. The van der Waals surface area contributed by atoms with Gasteiger partial charge in [-0.15, -0.1) is 11.3 Å². The monoisotopic (exact) mass is 376 g/mol. The molecule has 1 aliphatic carbocycles. The molecule has 132 valence electrons. The van der Waals surface area contributed by atoms with E-state index in [0.29, 0.717) is 23.0 Å². The van der Waals surface area contributed by atoms with Crippen LogP contribution in [-0.4, -0.2) is 24.9 Å². The Kier molecular flexibility index (Phi) is 6.10. The van der Waals surface area contributed by atoms with Crippen molar-refractivity contribution in [3.63, 3.8) is 0 Å². The first-order valence-corrected chi connectivity index (χ1v) is 9.74. The quantitative estimate of drug-likeness (QED) is 0.745. The average Bonchev–Trinajstić information content (AvgIpc) is 3.30. The van der Waals surface area contributed by atoms with Crippen LogP contribution < -0.4 is 10.6 Å². The second kappa shape index (κ2) is 8.50. The Morgan fingerprint density at radius 3 is 2.40 bits per heavy atom. The van der Waals surface area contributed by atoms with E-state index in [9.17, 15) is 9.59 Å². The summed E-state index contributed by atoms with van der Waals surface area (Å²) in [5.74, 6) is 0.170. The summed E-state index contributed by atoms with van der Waals surface area (Å²) in [5, 5.41) is 6.45. The molecular formula is C19H21ClN2O2S. The lowest BCUT2D eigenvalue weighted by Crippen LogP contribution is -2.36. The van der Waals surface area contributed by atoms with Crippen LogP contribution in [0.15, 0.2) is 36.4 Å². The molecule has 1 heterocycles. The summed E-state index contributed by atoms with van der Waals surface area (Å²) in [5.41, 5.74) is 1.04. The largest absolute Gasteiger partial charge is 0.354 e. The van der Waals surface area contributed by atoms with Crippen molar-refractivity contribution in [2.24, 2.45) is 5.92 Å². The zero-order valence-corrected chi connectivity index (χ0v) is 15.5. The first-order chi connectivity index (χ1) is 12.1. The van der Waals surface area contributed by atoms with E-state index < -0.39 is 0 Å². The zero-order valence-electron chi connectivity index (χ0n) is 13.9. The number of thiophene rings is 1. The van der Waals surface area contributed by atoms with Gasteiger partial charge in [0.25, 0.3) is 5.91 Å². The smallest absolute Gasteiger partial charge is 0.261 e. The fraction of sp³-hybridized carbons (Fsp3) is 0.368. The average molecular weight is 377 g/mol. The zero-order chi connectivity index (χ0) is 17.6. The van der Waals surface area contributed by atoms with Crippen LogP contribution in [0.5, 0.6) is 0 Å². The highest BCUT2D eigenvalue weighted by Gasteiger charge is 2.22. The van der Waals surface area contributed by atoms with Crippen molar-refractivity contribution in [1.29, 1.82) is 0 Å². The molecular weight excluding hydrogens is 356 g/mol. The summed E-state index contributed by atoms with van der Waals surface area (Å²) in [6, 6.07) is 11.3. The topological polar surface area (TPSA) is 58.2 Å². The Hall–Kier alpha value is -1.85. The van der Waals surface area contributed by atoms with E-state index >= 15 is 0 Å². The van der Waals surface area contributed by atoms with Gasteiger partial charge in [-0.05, 0) is 42.7 Å². The van der Waals surface area contributed by atoms with E-state index in [1.54, 1.807) is 0 Å². The van der Waals surface area contributed by atoms with Crippen molar-refractivity contribution in [2.75, 3.05) is 13.1 Å². The van der Waals surface area contributed by atoms with E-state index in [4.69, 9.17) is 11.6 Å². The van der Waals surface area contributed by atoms with Crippen molar-refractivity contribution in [1.82, 2.24) is 10.6 Å². The first kappa shape index (κ1) is 18.0. The molecule has 6 heteroatoms. The summed E-state index contributed by atoms with van der Waals surface area (Å²) in [6.45, 7) is 0.905. The number of halogens is 1. The molecule has 4 nitrogen and oxygen atoms in total. The van der Waals surface area contributed by atoms with Gasteiger partial charge in [0.2, 0.25) is 5.91 Å². The van der Waals surface area contributed by atoms with E-state index in [1.807, 2.05) is 36.4 Å². The number of nitrogens with one attached hydrogen (secondary N) is 2. The number of hydrogen-bond donors (Lipinski definition) is 2. The van der Waals surface area contributed by atoms with Crippen molar-refractivity contribution in [2.45, 2.75) is 25.7 Å². The number of amides is 2.